The van der Waals surface area contributed by atoms with E-state index < -0.39 is 6.03 Å². The minimum Gasteiger partial charge on any atom is -0.341 e. The summed E-state index contributed by atoms with van der Waals surface area (Å²) in [6.07, 6.45) is 6.75. The van der Waals surface area contributed by atoms with Crippen LogP contribution in [0.5, 0.6) is 0 Å². The van der Waals surface area contributed by atoms with Gasteiger partial charge in [0.2, 0.25) is 5.91 Å². The summed E-state index contributed by atoms with van der Waals surface area (Å²) in [6.45, 7) is 0.716. The number of hydrogen-bond acceptors (Lipinski definition) is 3. The SMILES string of the molecule is CNC(=O)NC(=O)CCN(C)C1CCCCC1. The van der Waals surface area contributed by atoms with E-state index in [4.69, 9.17) is 0 Å². The molecule has 3 amide bonds. The topological polar surface area (TPSA) is 61.4 Å². The van der Waals surface area contributed by atoms with Crippen molar-refractivity contribution in [3.8, 4) is 0 Å². The normalized spacial score (nSPS) is 16.9. The maximum Gasteiger partial charge on any atom is 0.321 e. The highest BCUT2D eigenvalue weighted by Gasteiger charge is 2.18. The summed E-state index contributed by atoms with van der Waals surface area (Å²) in [7, 11) is 3.56. The molecule has 0 spiro atoms. The molecule has 5 heteroatoms. The van der Waals surface area contributed by atoms with Crippen LogP contribution in [-0.2, 0) is 4.79 Å². The molecule has 0 radical (unpaired) electrons. The first-order valence-corrected chi connectivity index (χ1v) is 6.35. The van der Waals surface area contributed by atoms with Gasteiger partial charge in [0.1, 0.15) is 0 Å². The van der Waals surface area contributed by atoms with Crippen molar-refractivity contribution in [2.45, 2.75) is 44.6 Å². The van der Waals surface area contributed by atoms with Crippen molar-refractivity contribution in [2.75, 3.05) is 20.6 Å². The Morgan fingerprint density at radius 1 is 1.24 bits per heavy atom. The van der Waals surface area contributed by atoms with E-state index in [0.29, 0.717) is 19.0 Å². The Hall–Kier alpha value is -1.10. The summed E-state index contributed by atoms with van der Waals surface area (Å²) in [5.74, 6) is -0.216. The summed E-state index contributed by atoms with van der Waals surface area (Å²) >= 11 is 0. The molecule has 0 saturated heterocycles. The smallest absolute Gasteiger partial charge is 0.321 e. The first kappa shape index (κ1) is 14.0. The zero-order valence-electron chi connectivity index (χ0n) is 10.8. The quantitative estimate of drug-likeness (QED) is 0.774. The average molecular weight is 241 g/mol. The molecule has 0 aliphatic heterocycles. The molecule has 0 atom stereocenters. The van der Waals surface area contributed by atoms with Crippen LogP contribution in [0.3, 0.4) is 0 Å². The van der Waals surface area contributed by atoms with Crippen molar-refractivity contribution in [3.63, 3.8) is 0 Å². The number of rotatable bonds is 4. The molecule has 0 heterocycles. The van der Waals surface area contributed by atoms with E-state index in [9.17, 15) is 9.59 Å². The lowest BCUT2D eigenvalue weighted by Crippen LogP contribution is -2.40. The Bertz CT molecular complexity index is 262. The van der Waals surface area contributed by atoms with Crippen LogP contribution in [0.4, 0.5) is 4.79 Å². The molecule has 1 rings (SSSR count). The first-order valence-electron chi connectivity index (χ1n) is 6.35. The Kier molecular flexibility index (Phi) is 5.97. The number of nitrogens with zero attached hydrogens (tertiary/aromatic N) is 1. The monoisotopic (exact) mass is 241 g/mol. The predicted octanol–water partition coefficient (Wildman–Crippen LogP) is 1.10. The molecular weight excluding hydrogens is 218 g/mol. The van der Waals surface area contributed by atoms with Gasteiger partial charge in [-0.1, -0.05) is 19.3 Å². The van der Waals surface area contributed by atoms with Gasteiger partial charge >= 0.3 is 6.03 Å². The number of nitrogens with one attached hydrogen (secondary N) is 2. The molecule has 1 aliphatic rings. The fourth-order valence-corrected chi connectivity index (χ4v) is 2.23. The molecule has 2 N–H and O–H groups in total. The number of carbonyl (C=O) groups excluding carboxylic acids is 2. The van der Waals surface area contributed by atoms with Gasteiger partial charge in [0.25, 0.3) is 0 Å². The number of amides is 3. The van der Waals surface area contributed by atoms with Gasteiger partial charge in [0, 0.05) is 26.1 Å². The lowest BCUT2D eigenvalue weighted by atomic mass is 9.94. The maximum absolute atomic E-state index is 11.4. The molecule has 17 heavy (non-hydrogen) atoms. The van der Waals surface area contributed by atoms with Crippen molar-refractivity contribution in [1.29, 1.82) is 0 Å². The van der Waals surface area contributed by atoms with Gasteiger partial charge in [-0.25, -0.2) is 4.79 Å². The Labute approximate surface area is 103 Å². The Morgan fingerprint density at radius 2 is 1.88 bits per heavy atom. The van der Waals surface area contributed by atoms with Gasteiger partial charge in [-0.2, -0.15) is 0 Å². The van der Waals surface area contributed by atoms with E-state index in [1.807, 2.05) is 0 Å². The van der Waals surface area contributed by atoms with Crippen LogP contribution >= 0.6 is 0 Å². The van der Waals surface area contributed by atoms with Gasteiger partial charge in [-0.3, -0.25) is 10.1 Å². The second kappa shape index (κ2) is 7.27. The predicted molar refractivity (Wildman–Crippen MR) is 66.7 cm³/mol. The molecule has 1 saturated carbocycles. The van der Waals surface area contributed by atoms with Crippen LogP contribution in [-0.4, -0.2) is 43.5 Å². The highest BCUT2D eigenvalue weighted by molar-refractivity contribution is 5.94. The molecule has 1 aliphatic carbocycles. The number of carbonyl (C=O) groups is 2. The minimum absolute atomic E-state index is 0.216. The van der Waals surface area contributed by atoms with Crippen molar-refractivity contribution in [1.82, 2.24) is 15.5 Å². The Balaban J connectivity index is 2.20. The van der Waals surface area contributed by atoms with E-state index in [-0.39, 0.29) is 5.91 Å². The molecule has 0 aromatic rings. The zero-order valence-corrected chi connectivity index (χ0v) is 10.8. The van der Waals surface area contributed by atoms with E-state index in [0.717, 1.165) is 0 Å². The van der Waals surface area contributed by atoms with Gasteiger partial charge in [0.15, 0.2) is 0 Å². The summed E-state index contributed by atoms with van der Waals surface area (Å²) in [5.41, 5.74) is 0. The molecule has 98 valence electrons. The minimum atomic E-state index is -0.435. The van der Waals surface area contributed by atoms with Crippen LogP contribution in [0.25, 0.3) is 0 Å². The maximum atomic E-state index is 11.4. The van der Waals surface area contributed by atoms with Crippen LogP contribution in [0.15, 0.2) is 0 Å². The van der Waals surface area contributed by atoms with Gasteiger partial charge in [-0.05, 0) is 19.9 Å². The summed E-state index contributed by atoms with van der Waals surface area (Å²) < 4.78 is 0. The lowest BCUT2D eigenvalue weighted by molar-refractivity contribution is -0.120. The van der Waals surface area contributed by atoms with Crippen LogP contribution in [0, 0.1) is 0 Å². The van der Waals surface area contributed by atoms with E-state index in [1.165, 1.54) is 39.2 Å². The molecule has 0 bridgehead atoms. The molecule has 1 fully saturated rings. The second-order valence-electron chi connectivity index (χ2n) is 4.65. The standard InChI is InChI=1S/C12H23N3O2/c1-13-12(17)14-11(16)8-9-15(2)10-6-4-3-5-7-10/h10H,3-9H2,1-2H3,(H2,13,14,16,17). The number of hydrogen-bond donors (Lipinski definition) is 2. The van der Waals surface area contributed by atoms with E-state index >= 15 is 0 Å². The molecule has 0 aromatic heterocycles. The lowest BCUT2D eigenvalue weighted by Gasteiger charge is -2.30. The fourth-order valence-electron chi connectivity index (χ4n) is 2.23. The highest BCUT2D eigenvalue weighted by atomic mass is 16.2. The van der Waals surface area contributed by atoms with E-state index in [1.54, 1.807) is 0 Å². The zero-order chi connectivity index (χ0) is 12.7. The Morgan fingerprint density at radius 3 is 2.47 bits per heavy atom. The second-order valence-corrected chi connectivity index (χ2v) is 4.65. The summed E-state index contributed by atoms with van der Waals surface area (Å²) in [5, 5.41) is 4.63. The third kappa shape index (κ3) is 5.17. The van der Waals surface area contributed by atoms with Crippen molar-refractivity contribution >= 4 is 11.9 Å². The van der Waals surface area contributed by atoms with Crippen LogP contribution < -0.4 is 10.6 Å². The fraction of sp³-hybridized carbons (Fsp3) is 0.833. The number of urea groups is 1. The van der Waals surface area contributed by atoms with Crippen molar-refractivity contribution < 1.29 is 9.59 Å². The molecule has 0 aromatic carbocycles. The average Bonchev–Trinajstić information content (AvgIpc) is 2.36. The van der Waals surface area contributed by atoms with Crippen molar-refractivity contribution in [2.24, 2.45) is 0 Å². The van der Waals surface area contributed by atoms with Gasteiger partial charge < -0.3 is 10.2 Å². The molecule has 0 unspecified atom stereocenters. The van der Waals surface area contributed by atoms with Gasteiger partial charge in [0.05, 0.1) is 0 Å². The largest absolute Gasteiger partial charge is 0.341 e. The molecular formula is C12H23N3O2. The third-order valence-electron chi connectivity index (χ3n) is 3.37. The summed E-state index contributed by atoms with van der Waals surface area (Å²) in [4.78, 5) is 24.6. The molecule has 5 nitrogen and oxygen atoms in total. The van der Waals surface area contributed by atoms with Crippen LogP contribution in [0.2, 0.25) is 0 Å². The van der Waals surface area contributed by atoms with Crippen LogP contribution in [0.1, 0.15) is 38.5 Å². The van der Waals surface area contributed by atoms with Crippen molar-refractivity contribution in [3.05, 3.63) is 0 Å². The third-order valence-corrected chi connectivity index (χ3v) is 3.37. The number of imide groups is 1. The highest BCUT2D eigenvalue weighted by Crippen LogP contribution is 2.21. The summed E-state index contributed by atoms with van der Waals surface area (Å²) in [6, 6.07) is 0.173. The van der Waals surface area contributed by atoms with Gasteiger partial charge in [-0.15, -0.1) is 0 Å². The first-order chi connectivity index (χ1) is 8.13. The van der Waals surface area contributed by atoms with E-state index in [2.05, 4.69) is 22.6 Å².